The van der Waals surface area contributed by atoms with Crippen molar-refractivity contribution in [3.63, 3.8) is 0 Å². The van der Waals surface area contributed by atoms with E-state index in [2.05, 4.69) is 35.9 Å². The van der Waals surface area contributed by atoms with Gasteiger partial charge in [0.25, 0.3) is 0 Å². The number of nitrogens with one attached hydrogen (secondary N) is 1. The number of aryl methyl sites for hydroxylation is 2. The van der Waals surface area contributed by atoms with Crippen LogP contribution in [0.15, 0.2) is 0 Å². The lowest BCUT2D eigenvalue weighted by Gasteiger charge is -2.23. The van der Waals surface area contributed by atoms with Gasteiger partial charge in [-0.1, -0.05) is 6.92 Å². The topological polar surface area (TPSA) is 29.9 Å². The third kappa shape index (κ3) is 2.14. The molecule has 1 aromatic heterocycles. The first-order chi connectivity index (χ1) is 7.74. The molecule has 0 aliphatic carbocycles. The molecule has 1 aliphatic heterocycles. The molecule has 2 rings (SSSR count). The van der Waals surface area contributed by atoms with E-state index in [1.54, 1.807) is 0 Å². The molecule has 16 heavy (non-hydrogen) atoms. The fourth-order valence-corrected chi connectivity index (χ4v) is 2.84. The minimum Gasteiger partial charge on any atom is -0.317 e. The maximum absolute atomic E-state index is 4.67. The highest BCUT2D eigenvalue weighted by atomic mass is 15.3. The fraction of sp³-hybridized carbons (Fsp3) is 0.769. The predicted octanol–water partition coefficient (Wildman–Crippen LogP) is 2.38. The van der Waals surface area contributed by atoms with Gasteiger partial charge in [-0.15, -0.1) is 0 Å². The smallest absolute Gasteiger partial charge is 0.0631 e. The lowest BCUT2D eigenvalue weighted by Crippen LogP contribution is -2.27. The summed E-state index contributed by atoms with van der Waals surface area (Å²) in [5.74, 6) is 0.729. The number of aromatic nitrogens is 2. The summed E-state index contributed by atoms with van der Waals surface area (Å²) >= 11 is 0. The Labute approximate surface area is 98.2 Å². The second kappa shape index (κ2) is 5.00. The van der Waals surface area contributed by atoms with E-state index in [4.69, 9.17) is 0 Å². The van der Waals surface area contributed by atoms with Crippen LogP contribution in [0.3, 0.4) is 0 Å². The van der Waals surface area contributed by atoms with Crippen molar-refractivity contribution < 1.29 is 0 Å². The molecule has 1 aromatic rings. The third-order valence-corrected chi connectivity index (χ3v) is 3.62. The van der Waals surface area contributed by atoms with Crippen LogP contribution in [0.1, 0.15) is 49.1 Å². The minimum atomic E-state index is 0.729. The van der Waals surface area contributed by atoms with Crippen LogP contribution in [-0.4, -0.2) is 22.9 Å². The van der Waals surface area contributed by atoms with E-state index >= 15 is 0 Å². The van der Waals surface area contributed by atoms with Crippen LogP contribution in [0.5, 0.6) is 0 Å². The van der Waals surface area contributed by atoms with Crippen molar-refractivity contribution in [2.75, 3.05) is 13.1 Å². The standard InChI is InChI=1S/C13H23N3/c1-4-9-16-11(3)13(10(2)15-16)12-5-7-14-8-6-12/h12,14H,4-9H2,1-3H3. The molecule has 90 valence electrons. The summed E-state index contributed by atoms with van der Waals surface area (Å²) in [5.41, 5.74) is 4.17. The van der Waals surface area contributed by atoms with E-state index in [-0.39, 0.29) is 0 Å². The van der Waals surface area contributed by atoms with Gasteiger partial charge >= 0.3 is 0 Å². The summed E-state index contributed by atoms with van der Waals surface area (Å²) in [6.07, 6.45) is 3.69. The van der Waals surface area contributed by atoms with Gasteiger partial charge in [-0.3, -0.25) is 4.68 Å². The Balaban J connectivity index is 2.24. The van der Waals surface area contributed by atoms with E-state index in [1.807, 2.05) is 0 Å². The third-order valence-electron chi connectivity index (χ3n) is 3.62. The Morgan fingerprint density at radius 1 is 1.31 bits per heavy atom. The number of nitrogens with zero attached hydrogens (tertiary/aromatic N) is 2. The molecule has 0 atom stereocenters. The van der Waals surface area contributed by atoms with Gasteiger partial charge in [-0.2, -0.15) is 5.10 Å². The lowest BCUT2D eigenvalue weighted by atomic mass is 9.89. The highest BCUT2D eigenvalue weighted by Crippen LogP contribution is 2.30. The van der Waals surface area contributed by atoms with Gasteiger partial charge in [0.05, 0.1) is 5.69 Å². The molecule has 1 N–H and O–H groups in total. The van der Waals surface area contributed by atoms with Crippen molar-refractivity contribution >= 4 is 0 Å². The number of hydrogen-bond donors (Lipinski definition) is 1. The summed E-state index contributed by atoms with van der Waals surface area (Å²) < 4.78 is 2.19. The Hall–Kier alpha value is -0.830. The minimum absolute atomic E-state index is 0.729. The molecule has 0 spiro atoms. The molecule has 0 saturated carbocycles. The molecule has 0 amide bonds. The van der Waals surface area contributed by atoms with Crippen LogP contribution < -0.4 is 5.32 Å². The van der Waals surface area contributed by atoms with Crippen LogP contribution in [-0.2, 0) is 6.54 Å². The van der Waals surface area contributed by atoms with E-state index < -0.39 is 0 Å². The molecule has 3 nitrogen and oxygen atoms in total. The molecule has 1 saturated heterocycles. The van der Waals surface area contributed by atoms with Crippen LogP contribution in [0.4, 0.5) is 0 Å². The molecule has 0 radical (unpaired) electrons. The largest absolute Gasteiger partial charge is 0.317 e. The van der Waals surface area contributed by atoms with Gasteiger partial charge in [0.15, 0.2) is 0 Å². The monoisotopic (exact) mass is 221 g/mol. The predicted molar refractivity (Wildman–Crippen MR) is 66.8 cm³/mol. The zero-order valence-electron chi connectivity index (χ0n) is 10.7. The highest BCUT2D eigenvalue weighted by Gasteiger charge is 2.22. The molecule has 1 fully saturated rings. The summed E-state index contributed by atoms with van der Waals surface area (Å²) in [5, 5.41) is 8.10. The molecule has 0 aromatic carbocycles. The molecular formula is C13H23N3. The first kappa shape index (κ1) is 11.6. The van der Waals surface area contributed by atoms with Gasteiger partial charge in [-0.05, 0) is 57.7 Å². The average molecular weight is 221 g/mol. The second-order valence-corrected chi connectivity index (χ2v) is 4.83. The highest BCUT2D eigenvalue weighted by molar-refractivity contribution is 5.29. The SMILES string of the molecule is CCCn1nc(C)c(C2CCNCC2)c1C. The molecule has 2 heterocycles. The van der Waals surface area contributed by atoms with Crippen molar-refractivity contribution in [3.05, 3.63) is 17.0 Å². The van der Waals surface area contributed by atoms with Crippen molar-refractivity contribution in [1.82, 2.24) is 15.1 Å². The second-order valence-electron chi connectivity index (χ2n) is 4.83. The van der Waals surface area contributed by atoms with Crippen LogP contribution in [0.25, 0.3) is 0 Å². The van der Waals surface area contributed by atoms with E-state index in [0.29, 0.717) is 0 Å². The first-order valence-corrected chi connectivity index (χ1v) is 6.48. The van der Waals surface area contributed by atoms with Gasteiger partial charge < -0.3 is 5.32 Å². The average Bonchev–Trinajstić information content (AvgIpc) is 2.56. The maximum Gasteiger partial charge on any atom is 0.0631 e. The van der Waals surface area contributed by atoms with Gasteiger partial charge in [0.1, 0.15) is 0 Å². The number of piperidine rings is 1. The Bertz CT molecular complexity index is 348. The quantitative estimate of drug-likeness (QED) is 0.849. The molecule has 3 heteroatoms. The van der Waals surface area contributed by atoms with Gasteiger partial charge in [0, 0.05) is 12.2 Å². The Morgan fingerprint density at radius 3 is 2.62 bits per heavy atom. The van der Waals surface area contributed by atoms with Gasteiger partial charge in [-0.25, -0.2) is 0 Å². The first-order valence-electron chi connectivity index (χ1n) is 6.48. The van der Waals surface area contributed by atoms with Gasteiger partial charge in [0.2, 0.25) is 0 Å². The van der Waals surface area contributed by atoms with Crippen molar-refractivity contribution in [2.24, 2.45) is 0 Å². The molecule has 1 aliphatic rings. The summed E-state index contributed by atoms with van der Waals surface area (Å²) in [6, 6.07) is 0. The summed E-state index contributed by atoms with van der Waals surface area (Å²) in [6.45, 7) is 9.97. The van der Waals surface area contributed by atoms with Crippen LogP contribution >= 0.6 is 0 Å². The molecule has 0 unspecified atom stereocenters. The zero-order valence-corrected chi connectivity index (χ0v) is 10.7. The van der Waals surface area contributed by atoms with Crippen molar-refractivity contribution in [3.8, 4) is 0 Å². The number of hydrogen-bond acceptors (Lipinski definition) is 2. The van der Waals surface area contributed by atoms with Crippen LogP contribution in [0.2, 0.25) is 0 Å². The number of rotatable bonds is 3. The zero-order chi connectivity index (χ0) is 11.5. The Morgan fingerprint density at radius 2 is 2.00 bits per heavy atom. The van der Waals surface area contributed by atoms with Crippen LogP contribution in [0, 0.1) is 13.8 Å². The van der Waals surface area contributed by atoms with E-state index in [0.717, 1.165) is 32.0 Å². The lowest BCUT2D eigenvalue weighted by molar-refractivity contribution is 0.457. The summed E-state index contributed by atoms with van der Waals surface area (Å²) in [4.78, 5) is 0. The van der Waals surface area contributed by atoms with E-state index in [1.165, 1.54) is 29.8 Å². The Kier molecular flexibility index (Phi) is 3.64. The fourth-order valence-electron chi connectivity index (χ4n) is 2.84. The summed E-state index contributed by atoms with van der Waals surface area (Å²) in [7, 11) is 0. The van der Waals surface area contributed by atoms with E-state index in [9.17, 15) is 0 Å². The maximum atomic E-state index is 4.67. The van der Waals surface area contributed by atoms with Crippen molar-refractivity contribution in [1.29, 1.82) is 0 Å². The molecule has 0 bridgehead atoms. The molecular weight excluding hydrogens is 198 g/mol. The normalized spacial score (nSPS) is 17.9. The van der Waals surface area contributed by atoms with Crippen molar-refractivity contribution in [2.45, 2.75) is 52.5 Å².